The van der Waals surface area contributed by atoms with E-state index in [0.29, 0.717) is 31.6 Å². The Morgan fingerprint density at radius 1 is 1.17 bits per heavy atom. The van der Waals surface area contributed by atoms with E-state index in [1.165, 1.54) is 24.3 Å². The number of primary sulfonamides is 1. The predicted molar refractivity (Wildman–Crippen MR) is 84.8 cm³/mol. The van der Waals surface area contributed by atoms with E-state index in [9.17, 15) is 18.0 Å². The van der Waals surface area contributed by atoms with Gasteiger partial charge in [0.2, 0.25) is 21.8 Å². The lowest BCUT2D eigenvalue weighted by Gasteiger charge is -2.29. The maximum Gasteiger partial charge on any atom is 0.238 e. The van der Waals surface area contributed by atoms with Crippen LogP contribution in [0.4, 0.5) is 5.69 Å². The lowest BCUT2D eigenvalue weighted by molar-refractivity contribution is -0.123. The number of anilines is 1. The minimum Gasteiger partial charge on any atom is -0.369 e. The van der Waals surface area contributed by atoms with E-state index in [0.717, 1.165) is 0 Å². The molecule has 1 aromatic rings. The van der Waals surface area contributed by atoms with Crippen molar-refractivity contribution in [3.63, 3.8) is 0 Å². The van der Waals surface area contributed by atoms with E-state index in [1.54, 1.807) is 0 Å². The molecule has 2 rings (SSSR count). The molecule has 0 unspecified atom stereocenters. The van der Waals surface area contributed by atoms with Crippen LogP contribution < -0.4 is 16.2 Å². The number of piperidine rings is 1. The molecule has 1 heterocycles. The fourth-order valence-corrected chi connectivity index (χ4v) is 3.02. The van der Waals surface area contributed by atoms with Gasteiger partial charge in [0.1, 0.15) is 0 Å². The Kier molecular flexibility index (Phi) is 5.34. The molecular formula is C14H20N4O4S. The Morgan fingerprint density at radius 2 is 1.74 bits per heavy atom. The first-order valence-corrected chi connectivity index (χ1v) is 8.75. The van der Waals surface area contributed by atoms with Gasteiger partial charge >= 0.3 is 0 Å². The third-order valence-corrected chi connectivity index (χ3v) is 4.75. The number of hydrogen-bond donors (Lipinski definition) is 3. The van der Waals surface area contributed by atoms with E-state index >= 15 is 0 Å². The first kappa shape index (κ1) is 17.4. The van der Waals surface area contributed by atoms with Crippen LogP contribution in [0.25, 0.3) is 0 Å². The van der Waals surface area contributed by atoms with Crippen LogP contribution in [0.5, 0.6) is 0 Å². The Hall–Kier alpha value is -1.97. The van der Waals surface area contributed by atoms with Crippen molar-refractivity contribution in [1.29, 1.82) is 0 Å². The molecule has 23 heavy (non-hydrogen) atoms. The summed E-state index contributed by atoms with van der Waals surface area (Å²) >= 11 is 0. The largest absolute Gasteiger partial charge is 0.369 e. The summed E-state index contributed by atoms with van der Waals surface area (Å²) in [7, 11) is -3.74. The number of benzene rings is 1. The molecular weight excluding hydrogens is 320 g/mol. The van der Waals surface area contributed by atoms with Gasteiger partial charge in [-0.15, -0.1) is 0 Å². The van der Waals surface area contributed by atoms with E-state index in [1.807, 2.05) is 4.90 Å². The molecule has 0 spiro atoms. The standard InChI is InChI=1S/C14H20N4O4S/c15-14(20)10-5-7-18(8-6-10)9-13(19)17-11-1-3-12(4-2-11)23(16,21)22/h1-4,10H,5-9H2,(H2,15,20)(H,17,19)(H2,16,21,22). The molecule has 0 saturated carbocycles. The highest BCUT2D eigenvalue weighted by molar-refractivity contribution is 7.89. The molecule has 1 aliphatic rings. The molecule has 5 N–H and O–H groups in total. The normalized spacial score (nSPS) is 16.9. The number of carbonyl (C=O) groups excluding carboxylic acids is 2. The second-order valence-electron chi connectivity index (χ2n) is 5.57. The van der Waals surface area contributed by atoms with Crippen molar-refractivity contribution in [2.24, 2.45) is 16.8 Å². The number of sulfonamides is 1. The average Bonchev–Trinajstić information content (AvgIpc) is 2.47. The van der Waals surface area contributed by atoms with Gasteiger partial charge in [-0.1, -0.05) is 0 Å². The zero-order chi connectivity index (χ0) is 17.0. The van der Waals surface area contributed by atoms with Gasteiger partial charge in [0.15, 0.2) is 0 Å². The summed E-state index contributed by atoms with van der Waals surface area (Å²) in [6, 6.07) is 5.64. The summed E-state index contributed by atoms with van der Waals surface area (Å²) < 4.78 is 22.3. The van der Waals surface area contributed by atoms with Gasteiger partial charge in [0, 0.05) is 11.6 Å². The van der Waals surface area contributed by atoms with Crippen molar-refractivity contribution in [2.75, 3.05) is 25.0 Å². The molecule has 1 aromatic carbocycles. The first-order valence-electron chi connectivity index (χ1n) is 7.20. The Morgan fingerprint density at radius 3 is 2.22 bits per heavy atom. The summed E-state index contributed by atoms with van der Waals surface area (Å²) in [5, 5.41) is 7.70. The molecule has 0 radical (unpaired) electrons. The molecule has 1 saturated heterocycles. The number of likely N-dealkylation sites (tertiary alicyclic amines) is 1. The Balaban J connectivity index is 1.85. The van der Waals surface area contributed by atoms with Crippen LogP contribution in [0.1, 0.15) is 12.8 Å². The summed E-state index contributed by atoms with van der Waals surface area (Å²) in [4.78, 5) is 25.0. The highest BCUT2D eigenvalue weighted by atomic mass is 32.2. The molecule has 9 heteroatoms. The van der Waals surface area contributed by atoms with Crippen molar-refractivity contribution < 1.29 is 18.0 Å². The lowest BCUT2D eigenvalue weighted by Crippen LogP contribution is -2.42. The predicted octanol–water partition coefficient (Wildman–Crippen LogP) is -0.530. The van der Waals surface area contributed by atoms with Gasteiger partial charge in [-0.3, -0.25) is 14.5 Å². The summed E-state index contributed by atoms with van der Waals surface area (Å²) in [6.07, 6.45) is 1.32. The number of amides is 2. The van der Waals surface area contributed by atoms with Crippen LogP contribution >= 0.6 is 0 Å². The zero-order valence-corrected chi connectivity index (χ0v) is 13.4. The molecule has 0 bridgehead atoms. The number of hydrogen-bond acceptors (Lipinski definition) is 5. The van der Waals surface area contributed by atoms with Crippen molar-refractivity contribution in [3.8, 4) is 0 Å². The molecule has 0 aliphatic carbocycles. The SMILES string of the molecule is NC(=O)C1CCN(CC(=O)Nc2ccc(S(N)(=O)=O)cc2)CC1. The number of rotatable bonds is 5. The van der Waals surface area contributed by atoms with Gasteiger partial charge in [0.25, 0.3) is 0 Å². The molecule has 0 atom stereocenters. The summed E-state index contributed by atoms with van der Waals surface area (Å²) in [5.41, 5.74) is 5.77. The van der Waals surface area contributed by atoms with E-state index in [-0.39, 0.29) is 29.2 Å². The average molecular weight is 340 g/mol. The smallest absolute Gasteiger partial charge is 0.238 e. The van der Waals surface area contributed by atoms with Crippen LogP contribution in [0.3, 0.4) is 0 Å². The lowest BCUT2D eigenvalue weighted by atomic mass is 9.96. The van der Waals surface area contributed by atoms with E-state index in [4.69, 9.17) is 10.9 Å². The van der Waals surface area contributed by atoms with Crippen molar-refractivity contribution >= 4 is 27.5 Å². The minimum atomic E-state index is -3.74. The highest BCUT2D eigenvalue weighted by Crippen LogP contribution is 2.17. The summed E-state index contributed by atoms with van der Waals surface area (Å²) in [5.74, 6) is -0.602. The van der Waals surface area contributed by atoms with Crippen molar-refractivity contribution in [1.82, 2.24) is 4.90 Å². The highest BCUT2D eigenvalue weighted by Gasteiger charge is 2.24. The third-order valence-electron chi connectivity index (χ3n) is 3.82. The van der Waals surface area contributed by atoms with Crippen molar-refractivity contribution in [3.05, 3.63) is 24.3 Å². The molecule has 2 amide bonds. The summed E-state index contributed by atoms with van der Waals surface area (Å²) in [6.45, 7) is 1.50. The zero-order valence-electron chi connectivity index (χ0n) is 12.6. The molecule has 8 nitrogen and oxygen atoms in total. The van der Waals surface area contributed by atoms with Crippen LogP contribution in [-0.4, -0.2) is 44.8 Å². The molecule has 126 valence electrons. The second kappa shape index (κ2) is 7.07. The number of carbonyl (C=O) groups is 2. The number of primary amides is 1. The fourth-order valence-electron chi connectivity index (χ4n) is 2.51. The Bertz CT molecular complexity index is 679. The first-order chi connectivity index (χ1) is 10.8. The monoisotopic (exact) mass is 340 g/mol. The maximum atomic E-state index is 12.0. The van der Waals surface area contributed by atoms with Crippen LogP contribution in [-0.2, 0) is 19.6 Å². The molecule has 1 fully saturated rings. The quantitative estimate of drug-likeness (QED) is 0.662. The van der Waals surface area contributed by atoms with Crippen LogP contribution in [0, 0.1) is 5.92 Å². The molecule has 0 aromatic heterocycles. The second-order valence-corrected chi connectivity index (χ2v) is 7.13. The number of nitrogens with one attached hydrogen (secondary N) is 1. The van der Waals surface area contributed by atoms with Gasteiger partial charge < -0.3 is 11.1 Å². The van der Waals surface area contributed by atoms with Gasteiger partial charge in [0.05, 0.1) is 11.4 Å². The number of nitrogens with zero attached hydrogens (tertiary/aromatic N) is 1. The van der Waals surface area contributed by atoms with Gasteiger partial charge in [-0.25, -0.2) is 13.6 Å². The van der Waals surface area contributed by atoms with E-state index < -0.39 is 10.0 Å². The fraction of sp³-hybridized carbons (Fsp3) is 0.429. The topological polar surface area (TPSA) is 136 Å². The number of nitrogens with two attached hydrogens (primary N) is 2. The maximum absolute atomic E-state index is 12.0. The minimum absolute atomic E-state index is 0.0102. The van der Waals surface area contributed by atoms with Crippen LogP contribution in [0.2, 0.25) is 0 Å². The third kappa shape index (κ3) is 5.02. The van der Waals surface area contributed by atoms with Gasteiger partial charge in [-0.2, -0.15) is 0 Å². The Labute approximate surface area is 134 Å². The van der Waals surface area contributed by atoms with Gasteiger partial charge in [-0.05, 0) is 50.2 Å². The van der Waals surface area contributed by atoms with Crippen LogP contribution in [0.15, 0.2) is 29.2 Å². The molecule has 1 aliphatic heterocycles. The van der Waals surface area contributed by atoms with Crippen molar-refractivity contribution in [2.45, 2.75) is 17.7 Å². The van der Waals surface area contributed by atoms with E-state index in [2.05, 4.69) is 5.32 Å².